The fraction of sp³-hybridized carbons (Fsp3) is 0.441. The van der Waals surface area contributed by atoms with Gasteiger partial charge in [-0.1, -0.05) is 69.3 Å². The van der Waals surface area contributed by atoms with Gasteiger partial charge in [-0.2, -0.15) is 0 Å². The van der Waals surface area contributed by atoms with Gasteiger partial charge in [0.25, 0.3) is 5.91 Å². The summed E-state index contributed by atoms with van der Waals surface area (Å²) >= 11 is 0. The van der Waals surface area contributed by atoms with E-state index in [1.165, 1.54) is 0 Å². The maximum Gasteiger partial charge on any atom is 0.408 e. The van der Waals surface area contributed by atoms with Crippen LogP contribution >= 0.6 is 0 Å². The predicted octanol–water partition coefficient (Wildman–Crippen LogP) is 7.31. The first-order valence-electron chi connectivity index (χ1n) is 14.4. The Hall–Kier alpha value is -3.87. The van der Waals surface area contributed by atoms with Crippen molar-refractivity contribution in [3.05, 3.63) is 77.4 Å². The van der Waals surface area contributed by atoms with Gasteiger partial charge in [-0.15, -0.1) is 0 Å². The third kappa shape index (κ3) is 7.87. The molecular formula is C34H45N3O4. The first-order chi connectivity index (χ1) is 19.2. The Labute approximate surface area is 244 Å². The monoisotopic (exact) mass is 559 g/mol. The van der Waals surface area contributed by atoms with Crippen LogP contribution in [0.4, 0.5) is 10.5 Å². The molecule has 3 amide bonds. The average Bonchev–Trinajstić information content (AvgIpc) is 2.90. The van der Waals surface area contributed by atoms with Crippen LogP contribution in [0.5, 0.6) is 0 Å². The Balaban J connectivity index is 2.09. The number of hydrogen-bond donors (Lipinski definition) is 2. The lowest BCUT2D eigenvalue weighted by Crippen LogP contribution is -2.56. The molecule has 3 aromatic carbocycles. The molecule has 7 heteroatoms. The largest absolute Gasteiger partial charge is 0.444 e. The lowest BCUT2D eigenvalue weighted by molar-refractivity contribution is -0.144. The van der Waals surface area contributed by atoms with Gasteiger partial charge in [-0.25, -0.2) is 4.79 Å². The number of carbonyl (C=O) groups is 3. The van der Waals surface area contributed by atoms with Gasteiger partial charge in [0, 0.05) is 11.7 Å². The minimum Gasteiger partial charge on any atom is -0.444 e. The van der Waals surface area contributed by atoms with Crippen molar-refractivity contribution < 1.29 is 19.1 Å². The Kier molecular flexibility index (Phi) is 10.2. The summed E-state index contributed by atoms with van der Waals surface area (Å²) in [5.41, 5.74) is 2.64. The van der Waals surface area contributed by atoms with Crippen LogP contribution in [0.2, 0.25) is 0 Å². The molecule has 2 N–H and O–H groups in total. The Morgan fingerprint density at radius 2 is 1.56 bits per heavy atom. The second kappa shape index (κ2) is 13.2. The van der Waals surface area contributed by atoms with E-state index in [0.717, 1.165) is 27.5 Å². The molecule has 0 aliphatic carbocycles. The molecule has 0 aliphatic rings. The first-order valence-corrected chi connectivity index (χ1v) is 14.4. The van der Waals surface area contributed by atoms with Crippen molar-refractivity contribution >= 4 is 34.4 Å². The molecule has 0 aliphatic heterocycles. The fourth-order valence-corrected chi connectivity index (χ4v) is 4.87. The number of nitrogens with one attached hydrogen (secondary N) is 2. The molecule has 0 bridgehead atoms. The van der Waals surface area contributed by atoms with Crippen LogP contribution in [0.25, 0.3) is 10.8 Å². The third-order valence-electron chi connectivity index (χ3n) is 7.41. The van der Waals surface area contributed by atoms with E-state index in [-0.39, 0.29) is 23.8 Å². The van der Waals surface area contributed by atoms with Crippen molar-refractivity contribution in [3.8, 4) is 0 Å². The highest BCUT2D eigenvalue weighted by Crippen LogP contribution is 2.32. The first kappa shape index (κ1) is 31.7. The van der Waals surface area contributed by atoms with Crippen LogP contribution in [-0.4, -0.2) is 40.5 Å². The maximum atomic E-state index is 14.4. The molecule has 0 radical (unpaired) electrons. The number of alkyl carbamates (subject to hydrolysis) is 1. The number of amides is 3. The van der Waals surface area contributed by atoms with Crippen LogP contribution in [-0.2, 0) is 14.3 Å². The predicted molar refractivity (Wildman–Crippen MR) is 166 cm³/mol. The Morgan fingerprint density at radius 1 is 0.902 bits per heavy atom. The fourth-order valence-electron chi connectivity index (χ4n) is 4.87. The zero-order valence-electron chi connectivity index (χ0n) is 25.9. The van der Waals surface area contributed by atoms with Crippen LogP contribution in [0.3, 0.4) is 0 Å². The van der Waals surface area contributed by atoms with Gasteiger partial charge in [-0.05, 0) is 93.5 Å². The number of ether oxygens (including phenoxy) is 1. The molecule has 3 atom stereocenters. The molecule has 3 rings (SSSR count). The van der Waals surface area contributed by atoms with Crippen LogP contribution in [0.1, 0.15) is 77.6 Å². The lowest BCUT2D eigenvalue weighted by atomic mass is 9.92. The standard InChI is InChI=1S/C34H45N3O4/c1-10-23(5)37(32(39)29(21(2)3)36-33(40)41-34(7,8)9)30(28-17-13-14-22(4)24(28)6)31(38)35-27-19-18-25-15-11-12-16-26(25)20-27/h11-21,23,29-30H,10H2,1-9H3,(H,35,38)(H,36,40). The maximum absolute atomic E-state index is 14.4. The van der Waals surface area contributed by atoms with Crippen molar-refractivity contribution in [2.45, 2.75) is 92.5 Å². The van der Waals surface area contributed by atoms with Crippen molar-refractivity contribution in [2.24, 2.45) is 5.92 Å². The van der Waals surface area contributed by atoms with E-state index in [2.05, 4.69) is 10.6 Å². The summed E-state index contributed by atoms with van der Waals surface area (Å²) in [6.45, 7) is 17.0. The van der Waals surface area contributed by atoms with Gasteiger partial charge < -0.3 is 20.3 Å². The number of carbonyl (C=O) groups excluding carboxylic acids is 3. The van der Waals surface area contributed by atoms with Gasteiger partial charge in [0.15, 0.2) is 0 Å². The summed E-state index contributed by atoms with van der Waals surface area (Å²) < 4.78 is 5.48. The van der Waals surface area contributed by atoms with Gasteiger partial charge in [0.05, 0.1) is 0 Å². The summed E-state index contributed by atoms with van der Waals surface area (Å²) in [6, 6.07) is 17.4. The normalized spacial score (nSPS) is 13.8. The summed E-state index contributed by atoms with van der Waals surface area (Å²) in [4.78, 5) is 43.1. The highest BCUT2D eigenvalue weighted by Gasteiger charge is 2.40. The Bertz CT molecular complexity index is 1390. The van der Waals surface area contributed by atoms with Gasteiger partial charge in [0.1, 0.15) is 17.7 Å². The van der Waals surface area contributed by atoms with Crippen molar-refractivity contribution in [2.75, 3.05) is 5.32 Å². The van der Waals surface area contributed by atoms with Crippen molar-refractivity contribution in [3.63, 3.8) is 0 Å². The third-order valence-corrected chi connectivity index (χ3v) is 7.41. The van der Waals surface area contributed by atoms with Crippen molar-refractivity contribution in [1.82, 2.24) is 10.2 Å². The van der Waals surface area contributed by atoms with E-state index in [1.807, 2.05) is 102 Å². The molecule has 3 unspecified atom stereocenters. The quantitative estimate of drug-likeness (QED) is 0.288. The average molecular weight is 560 g/mol. The number of nitrogens with zero attached hydrogens (tertiary/aromatic N) is 1. The summed E-state index contributed by atoms with van der Waals surface area (Å²) in [6.07, 6.45) is -0.0503. The molecule has 0 fully saturated rings. The number of benzene rings is 3. The molecule has 0 aromatic heterocycles. The number of aryl methyl sites for hydroxylation is 1. The van der Waals surface area contributed by atoms with E-state index < -0.39 is 23.8 Å². The van der Waals surface area contributed by atoms with Gasteiger partial charge in [-0.3, -0.25) is 9.59 Å². The molecule has 41 heavy (non-hydrogen) atoms. The molecule has 220 valence electrons. The van der Waals surface area contributed by atoms with E-state index in [0.29, 0.717) is 12.1 Å². The topological polar surface area (TPSA) is 87.7 Å². The summed E-state index contributed by atoms with van der Waals surface area (Å²) in [5.74, 6) is -0.897. The second-order valence-corrected chi connectivity index (χ2v) is 12.1. The SMILES string of the molecule is CCC(C)N(C(=O)C(NC(=O)OC(C)(C)C)C(C)C)C(C(=O)Nc1ccc2ccccc2c1)c1cccc(C)c1C. The second-order valence-electron chi connectivity index (χ2n) is 12.1. The molecule has 0 spiro atoms. The van der Waals surface area contributed by atoms with E-state index in [4.69, 9.17) is 4.74 Å². The summed E-state index contributed by atoms with van der Waals surface area (Å²) in [5, 5.41) is 7.95. The minimum absolute atomic E-state index is 0.246. The van der Waals surface area contributed by atoms with Crippen LogP contribution < -0.4 is 10.6 Å². The van der Waals surface area contributed by atoms with Crippen LogP contribution in [0, 0.1) is 19.8 Å². The molecule has 7 nitrogen and oxygen atoms in total. The van der Waals surface area contributed by atoms with Gasteiger partial charge >= 0.3 is 6.09 Å². The molecule has 0 heterocycles. The molecule has 0 saturated carbocycles. The summed E-state index contributed by atoms with van der Waals surface area (Å²) in [7, 11) is 0. The zero-order chi connectivity index (χ0) is 30.5. The highest BCUT2D eigenvalue weighted by atomic mass is 16.6. The van der Waals surface area contributed by atoms with Gasteiger partial charge in [0.2, 0.25) is 5.91 Å². The smallest absolute Gasteiger partial charge is 0.408 e. The lowest BCUT2D eigenvalue weighted by Gasteiger charge is -2.39. The number of anilines is 1. The highest BCUT2D eigenvalue weighted by molar-refractivity contribution is 6.00. The number of fused-ring (bicyclic) bond motifs is 1. The van der Waals surface area contributed by atoms with Crippen molar-refractivity contribution in [1.29, 1.82) is 0 Å². The molecule has 0 saturated heterocycles. The number of rotatable bonds is 9. The molecular weight excluding hydrogens is 514 g/mol. The number of hydrogen-bond acceptors (Lipinski definition) is 4. The zero-order valence-corrected chi connectivity index (χ0v) is 25.9. The van der Waals surface area contributed by atoms with Crippen LogP contribution in [0.15, 0.2) is 60.7 Å². The van der Waals surface area contributed by atoms with E-state index in [9.17, 15) is 14.4 Å². The van der Waals surface area contributed by atoms with E-state index in [1.54, 1.807) is 25.7 Å². The Morgan fingerprint density at radius 3 is 2.17 bits per heavy atom. The molecule has 3 aromatic rings. The van der Waals surface area contributed by atoms with E-state index >= 15 is 0 Å². The minimum atomic E-state index is -0.925.